The van der Waals surface area contributed by atoms with E-state index >= 15 is 0 Å². The highest BCUT2D eigenvalue weighted by Gasteiger charge is 2.21. The molecule has 3 rings (SSSR count). The van der Waals surface area contributed by atoms with Crippen molar-refractivity contribution < 1.29 is 17.8 Å². The van der Waals surface area contributed by atoms with Gasteiger partial charge in [-0.25, -0.2) is 8.42 Å². The predicted octanol–water partition coefficient (Wildman–Crippen LogP) is 4.50. The Morgan fingerprint density at radius 1 is 1.14 bits per heavy atom. The van der Waals surface area contributed by atoms with Crippen LogP contribution < -0.4 is 0 Å². The molecule has 0 atom stereocenters. The van der Waals surface area contributed by atoms with Gasteiger partial charge in [-0.05, 0) is 31.2 Å². The van der Waals surface area contributed by atoms with E-state index in [0.717, 1.165) is 11.6 Å². The van der Waals surface area contributed by atoms with Crippen LogP contribution in [-0.2, 0) is 9.84 Å². The maximum Gasteiger partial charge on any atom is 0.270 e. The molecule has 28 heavy (non-hydrogen) atoms. The Balaban J connectivity index is 1.97. The van der Waals surface area contributed by atoms with Gasteiger partial charge in [-0.1, -0.05) is 29.8 Å². The summed E-state index contributed by atoms with van der Waals surface area (Å²) in [7, 11) is -3.99. The molecule has 0 aliphatic carbocycles. The number of nitrogens with zero attached hydrogens (tertiary/aromatic N) is 2. The summed E-state index contributed by atoms with van der Waals surface area (Å²) in [5.41, 5.74) is 1.27. The van der Waals surface area contributed by atoms with Crippen molar-refractivity contribution in [2.75, 3.05) is 0 Å². The molecule has 0 aliphatic rings. The van der Waals surface area contributed by atoms with Crippen LogP contribution in [0.4, 0.5) is 5.69 Å². The first-order valence-electron chi connectivity index (χ1n) is 8.09. The summed E-state index contributed by atoms with van der Waals surface area (Å²) in [6.07, 6.45) is 1.13. The summed E-state index contributed by atoms with van der Waals surface area (Å²) in [6.45, 7) is 1.83. The second-order valence-electron chi connectivity index (χ2n) is 5.95. The van der Waals surface area contributed by atoms with E-state index in [1.807, 2.05) is 6.92 Å². The number of furan rings is 1. The van der Waals surface area contributed by atoms with Crippen molar-refractivity contribution >= 4 is 21.6 Å². The van der Waals surface area contributed by atoms with Crippen molar-refractivity contribution in [1.82, 2.24) is 0 Å². The molecule has 0 saturated heterocycles. The third-order valence-electron chi connectivity index (χ3n) is 3.97. The van der Waals surface area contributed by atoms with Crippen molar-refractivity contribution in [3.05, 3.63) is 87.0 Å². The van der Waals surface area contributed by atoms with Crippen LogP contribution in [-0.4, -0.2) is 13.3 Å². The summed E-state index contributed by atoms with van der Waals surface area (Å²) < 4.78 is 30.9. The smallest absolute Gasteiger partial charge is 0.270 e. The second-order valence-corrected chi connectivity index (χ2v) is 7.86. The Morgan fingerprint density at radius 3 is 2.50 bits per heavy atom. The monoisotopic (exact) mass is 394 g/mol. The average Bonchev–Trinajstić information content (AvgIpc) is 3.15. The number of rotatable bonds is 5. The largest absolute Gasteiger partial charge is 0.457 e. The van der Waals surface area contributed by atoms with Crippen LogP contribution in [0.15, 0.2) is 74.9 Å². The van der Waals surface area contributed by atoms with Gasteiger partial charge in [0.05, 0.1) is 9.82 Å². The maximum atomic E-state index is 12.7. The molecule has 8 heteroatoms. The van der Waals surface area contributed by atoms with Gasteiger partial charge in [-0.15, -0.1) is 0 Å². The van der Waals surface area contributed by atoms with Crippen LogP contribution in [0.1, 0.15) is 11.3 Å². The molecule has 0 spiro atoms. The molecule has 0 fully saturated rings. The minimum absolute atomic E-state index is 0.0105. The third kappa shape index (κ3) is 3.84. The van der Waals surface area contributed by atoms with Crippen LogP contribution in [0.2, 0.25) is 0 Å². The predicted molar refractivity (Wildman–Crippen MR) is 103 cm³/mol. The second kappa shape index (κ2) is 7.50. The molecule has 0 saturated carbocycles. The van der Waals surface area contributed by atoms with Gasteiger partial charge >= 0.3 is 0 Å². The van der Waals surface area contributed by atoms with E-state index in [2.05, 4.69) is 0 Å². The van der Waals surface area contributed by atoms with Gasteiger partial charge in [0.25, 0.3) is 5.69 Å². The maximum absolute atomic E-state index is 12.7. The number of hydrogen-bond donors (Lipinski definition) is 0. The summed E-state index contributed by atoms with van der Waals surface area (Å²) >= 11 is 0. The lowest BCUT2D eigenvalue weighted by atomic mass is 10.1. The van der Waals surface area contributed by atoms with Crippen LogP contribution in [0, 0.1) is 28.4 Å². The number of aryl methyl sites for hydroxylation is 1. The van der Waals surface area contributed by atoms with Crippen molar-refractivity contribution in [3.63, 3.8) is 0 Å². The van der Waals surface area contributed by atoms with E-state index in [0.29, 0.717) is 11.3 Å². The lowest BCUT2D eigenvalue weighted by Crippen LogP contribution is -2.03. The Labute approximate surface area is 161 Å². The Kier molecular flexibility index (Phi) is 5.11. The van der Waals surface area contributed by atoms with E-state index in [-0.39, 0.29) is 16.3 Å². The zero-order valence-electron chi connectivity index (χ0n) is 14.7. The number of nitro benzene ring substituents is 1. The summed E-state index contributed by atoms with van der Waals surface area (Å²) in [5.74, 6) is 0.466. The number of benzene rings is 2. The highest BCUT2D eigenvalue weighted by Crippen LogP contribution is 2.28. The van der Waals surface area contributed by atoms with Crippen molar-refractivity contribution in [1.29, 1.82) is 5.26 Å². The molecule has 1 heterocycles. The molecule has 7 nitrogen and oxygen atoms in total. The lowest BCUT2D eigenvalue weighted by molar-refractivity contribution is -0.384. The molecule has 0 bridgehead atoms. The Hall–Kier alpha value is -3.70. The summed E-state index contributed by atoms with van der Waals surface area (Å²) in [6, 6.07) is 16.8. The molecule has 140 valence electrons. The molecule has 0 radical (unpaired) electrons. The SMILES string of the molecule is Cc1ccc(S(=O)(=O)/C(C#N)=C\c2ccc(-c3cccc([N+](=O)[O-])c3)o2)cc1. The van der Waals surface area contributed by atoms with Crippen LogP contribution in [0.5, 0.6) is 0 Å². The van der Waals surface area contributed by atoms with E-state index < -0.39 is 19.7 Å². The molecule has 0 unspecified atom stereocenters. The summed E-state index contributed by atoms with van der Waals surface area (Å²) in [5, 5.41) is 20.2. The standard InChI is InChI=1S/C20H14N2O5S/c1-14-5-8-18(9-6-14)28(25,26)19(13-21)12-17-7-10-20(27-17)15-3-2-4-16(11-15)22(23)24/h2-12H,1H3/b19-12-. The number of nitriles is 1. The minimum Gasteiger partial charge on any atom is -0.457 e. The molecule has 0 N–H and O–H groups in total. The molecule has 0 amide bonds. The van der Waals surface area contributed by atoms with Crippen LogP contribution in [0.25, 0.3) is 17.4 Å². The van der Waals surface area contributed by atoms with Gasteiger partial charge in [0.2, 0.25) is 9.84 Å². The lowest BCUT2D eigenvalue weighted by Gasteiger charge is -2.03. The number of allylic oxidation sites excluding steroid dienone is 1. The van der Waals surface area contributed by atoms with E-state index in [9.17, 15) is 23.8 Å². The molecule has 3 aromatic rings. The first-order chi connectivity index (χ1) is 13.3. The van der Waals surface area contributed by atoms with Gasteiger partial charge < -0.3 is 4.42 Å². The van der Waals surface area contributed by atoms with Crippen molar-refractivity contribution in [3.8, 4) is 17.4 Å². The average molecular weight is 394 g/mol. The molecule has 1 aromatic heterocycles. The Bertz CT molecular complexity index is 1220. The topological polar surface area (TPSA) is 114 Å². The molecule has 2 aromatic carbocycles. The first kappa shape index (κ1) is 19.1. The highest BCUT2D eigenvalue weighted by molar-refractivity contribution is 7.95. The number of hydrogen-bond acceptors (Lipinski definition) is 6. The van der Waals surface area contributed by atoms with Gasteiger partial charge in [0, 0.05) is 23.8 Å². The van der Waals surface area contributed by atoms with Gasteiger partial charge in [0.1, 0.15) is 17.6 Å². The first-order valence-corrected chi connectivity index (χ1v) is 9.58. The quantitative estimate of drug-likeness (QED) is 0.357. The number of sulfone groups is 1. The number of non-ortho nitro benzene ring substituents is 1. The van der Waals surface area contributed by atoms with Crippen LogP contribution in [0.3, 0.4) is 0 Å². The number of nitro groups is 1. The Morgan fingerprint density at radius 2 is 1.86 bits per heavy atom. The summed E-state index contributed by atoms with van der Waals surface area (Å²) in [4.78, 5) is 9.93. The highest BCUT2D eigenvalue weighted by atomic mass is 32.2. The van der Waals surface area contributed by atoms with E-state index in [4.69, 9.17) is 4.42 Å². The van der Waals surface area contributed by atoms with Crippen molar-refractivity contribution in [2.24, 2.45) is 0 Å². The fourth-order valence-corrected chi connectivity index (χ4v) is 3.64. The van der Waals surface area contributed by atoms with E-state index in [1.165, 1.54) is 36.4 Å². The van der Waals surface area contributed by atoms with Gasteiger partial charge in [-0.3, -0.25) is 10.1 Å². The van der Waals surface area contributed by atoms with Crippen LogP contribution >= 0.6 is 0 Å². The van der Waals surface area contributed by atoms with Crippen molar-refractivity contribution in [2.45, 2.75) is 11.8 Å². The third-order valence-corrected chi connectivity index (χ3v) is 5.65. The zero-order chi connectivity index (χ0) is 20.3. The molecular formula is C20H14N2O5S. The molecule has 0 aliphatic heterocycles. The fraction of sp³-hybridized carbons (Fsp3) is 0.0500. The zero-order valence-corrected chi connectivity index (χ0v) is 15.5. The van der Waals surface area contributed by atoms with E-state index in [1.54, 1.807) is 30.3 Å². The normalized spacial score (nSPS) is 11.8. The fourth-order valence-electron chi connectivity index (χ4n) is 2.50. The van der Waals surface area contributed by atoms with Gasteiger partial charge in [-0.2, -0.15) is 5.26 Å². The van der Waals surface area contributed by atoms with Gasteiger partial charge in [0.15, 0.2) is 4.91 Å². The molecular weight excluding hydrogens is 380 g/mol. The minimum atomic E-state index is -3.99.